The molecule has 0 saturated heterocycles. The van der Waals surface area contributed by atoms with E-state index < -0.39 is 5.97 Å². The van der Waals surface area contributed by atoms with Crippen LogP contribution in [0.25, 0.3) is 11.1 Å². The number of anilines is 2. The summed E-state index contributed by atoms with van der Waals surface area (Å²) in [6.45, 7) is 3.53. The maximum Gasteiger partial charge on any atom is 0.337 e. The first-order chi connectivity index (χ1) is 8.41. The predicted octanol–water partition coefficient (Wildman–Crippen LogP) is 1.82. The third-order valence-corrected chi connectivity index (χ3v) is 2.76. The molecule has 0 fully saturated rings. The van der Waals surface area contributed by atoms with E-state index in [1.54, 1.807) is 19.9 Å². The first-order valence-corrected chi connectivity index (χ1v) is 5.27. The maximum absolute atomic E-state index is 11.1. The van der Waals surface area contributed by atoms with E-state index in [9.17, 15) is 4.79 Å². The normalized spacial score (nSPS) is 10.6. The molecular weight excluding hydrogens is 234 g/mol. The lowest BCUT2D eigenvalue weighted by Crippen LogP contribution is -2.06. The Bertz CT molecular complexity index is 612. The van der Waals surface area contributed by atoms with Crippen molar-refractivity contribution in [1.29, 1.82) is 0 Å². The van der Waals surface area contributed by atoms with Crippen molar-refractivity contribution >= 4 is 17.3 Å². The molecule has 0 aliphatic heterocycles. The monoisotopic (exact) mass is 247 g/mol. The van der Waals surface area contributed by atoms with Crippen molar-refractivity contribution in [1.82, 2.24) is 5.16 Å². The summed E-state index contributed by atoms with van der Waals surface area (Å²) in [6.07, 6.45) is 0. The predicted molar refractivity (Wildman–Crippen MR) is 67.2 cm³/mol. The molecule has 0 atom stereocenters. The first-order valence-electron chi connectivity index (χ1n) is 5.27. The van der Waals surface area contributed by atoms with E-state index in [-0.39, 0.29) is 16.9 Å². The number of aromatic nitrogens is 1. The van der Waals surface area contributed by atoms with E-state index in [2.05, 4.69) is 5.16 Å². The molecule has 1 heterocycles. The average molecular weight is 247 g/mol. The van der Waals surface area contributed by atoms with Crippen molar-refractivity contribution in [2.45, 2.75) is 13.8 Å². The van der Waals surface area contributed by atoms with Crippen LogP contribution in [-0.2, 0) is 0 Å². The number of hydrogen-bond acceptors (Lipinski definition) is 5. The number of nitrogen functional groups attached to an aromatic ring is 2. The Hall–Kier alpha value is -2.50. The van der Waals surface area contributed by atoms with E-state index in [0.717, 1.165) is 5.56 Å². The highest BCUT2D eigenvalue weighted by atomic mass is 16.5. The van der Waals surface area contributed by atoms with Crippen LogP contribution in [0.1, 0.15) is 21.8 Å². The number of carbonyl (C=O) groups is 1. The number of aromatic carboxylic acids is 1. The molecule has 0 spiro atoms. The van der Waals surface area contributed by atoms with Crippen LogP contribution in [0.5, 0.6) is 0 Å². The van der Waals surface area contributed by atoms with Crippen molar-refractivity contribution in [3.8, 4) is 11.1 Å². The molecule has 0 saturated carbocycles. The van der Waals surface area contributed by atoms with Crippen LogP contribution in [0.15, 0.2) is 16.7 Å². The summed E-state index contributed by atoms with van der Waals surface area (Å²) in [5.41, 5.74) is 13.7. The zero-order valence-corrected chi connectivity index (χ0v) is 10.0. The zero-order chi connectivity index (χ0) is 13.4. The van der Waals surface area contributed by atoms with Gasteiger partial charge in [-0.05, 0) is 31.5 Å². The number of benzene rings is 1. The van der Waals surface area contributed by atoms with Gasteiger partial charge in [-0.15, -0.1) is 0 Å². The Labute approximate surface area is 103 Å². The van der Waals surface area contributed by atoms with Gasteiger partial charge in [0.05, 0.1) is 22.6 Å². The van der Waals surface area contributed by atoms with Crippen LogP contribution < -0.4 is 11.5 Å². The standard InChI is InChI=1S/C12H13N3O3/c1-5-10(6(2)18-15-5)7-3-8(12(16)17)11(14)9(13)4-7/h3-4H,13-14H2,1-2H3,(H,16,17). The minimum Gasteiger partial charge on any atom is -0.478 e. The minimum atomic E-state index is -1.12. The Morgan fingerprint density at radius 2 is 2.00 bits per heavy atom. The molecule has 1 aromatic carbocycles. The number of nitrogens with two attached hydrogens (primary N) is 2. The molecule has 0 bridgehead atoms. The summed E-state index contributed by atoms with van der Waals surface area (Å²) < 4.78 is 5.05. The largest absolute Gasteiger partial charge is 0.478 e. The van der Waals surface area contributed by atoms with Crippen LogP contribution in [0.4, 0.5) is 11.4 Å². The smallest absolute Gasteiger partial charge is 0.337 e. The van der Waals surface area contributed by atoms with Gasteiger partial charge >= 0.3 is 5.97 Å². The fourth-order valence-electron chi connectivity index (χ4n) is 1.89. The molecule has 0 aliphatic carbocycles. The average Bonchev–Trinajstić information content (AvgIpc) is 2.62. The number of aryl methyl sites for hydroxylation is 2. The Morgan fingerprint density at radius 3 is 2.50 bits per heavy atom. The number of carboxylic acid groups (broad SMARTS) is 1. The van der Waals surface area contributed by atoms with Gasteiger partial charge < -0.3 is 21.1 Å². The van der Waals surface area contributed by atoms with Gasteiger partial charge in [0.25, 0.3) is 0 Å². The number of nitrogens with zero attached hydrogens (tertiary/aromatic N) is 1. The molecule has 0 amide bonds. The highest BCUT2D eigenvalue weighted by molar-refractivity contribution is 5.99. The quantitative estimate of drug-likeness (QED) is 0.697. The van der Waals surface area contributed by atoms with Gasteiger partial charge in [-0.2, -0.15) is 0 Å². The SMILES string of the molecule is Cc1noc(C)c1-c1cc(N)c(N)c(C(=O)O)c1. The summed E-state index contributed by atoms with van der Waals surface area (Å²) in [7, 11) is 0. The Morgan fingerprint density at radius 1 is 1.33 bits per heavy atom. The lowest BCUT2D eigenvalue weighted by molar-refractivity contribution is 0.0698. The Kier molecular flexibility index (Phi) is 2.70. The highest BCUT2D eigenvalue weighted by Crippen LogP contribution is 2.32. The van der Waals surface area contributed by atoms with Crippen molar-refractivity contribution in [2.75, 3.05) is 11.5 Å². The molecule has 18 heavy (non-hydrogen) atoms. The third-order valence-electron chi connectivity index (χ3n) is 2.76. The topological polar surface area (TPSA) is 115 Å². The van der Waals surface area contributed by atoms with Crippen molar-refractivity contribution < 1.29 is 14.4 Å². The summed E-state index contributed by atoms with van der Waals surface area (Å²) in [5.74, 6) is -0.513. The van der Waals surface area contributed by atoms with Gasteiger partial charge in [0.2, 0.25) is 0 Å². The van der Waals surface area contributed by atoms with Crippen LogP contribution in [0.3, 0.4) is 0 Å². The molecule has 6 heteroatoms. The van der Waals surface area contributed by atoms with Crippen LogP contribution in [0, 0.1) is 13.8 Å². The molecule has 2 aromatic rings. The molecule has 5 N–H and O–H groups in total. The van der Waals surface area contributed by atoms with Crippen LogP contribution in [0.2, 0.25) is 0 Å². The lowest BCUT2D eigenvalue weighted by Gasteiger charge is -2.08. The Balaban J connectivity index is 2.71. The lowest BCUT2D eigenvalue weighted by atomic mass is 9.99. The summed E-state index contributed by atoms with van der Waals surface area (Å²) in [5, 5.41) is 12.9. The number of rotatable bonds is 2. The van der Waals surface area contributed by atoms with Gasteiger partial charge in [-0.3, -0.25) is 0 Å². The van der Waals surface area contributed by atoms with Gasteiger partial charge in [-0.25, -0.2) is 4.79 Å². The molecule has 0 aliphatic rings. The third kappa shape index (κ3) is 1.77. The molecular formula is C12H13N3O3. The maximum atomic E-state index is 11.1. The summed E-state index contributed by atoms with van der Waals surface area (Å²) in [6, 6.07) is 3.09. The molecule has 6 nitrogen and oxygen atoms in total. The van der Waals surface area contributed by atoms with Gasteiger partial charge in [0.15, 0.2) is 0 Å². The van der Waals surface area contributed by atoms with Gasteiger partial charge in [0.1, 0.15) is 5.76 Å². The fraction of sp³-hybridized carbons (Fsp3) is 0.167. The molecule has 0 radical (unpaired) electrons. The first kappa shape index (κ1) is 12.0. The fourth-order valence-corrected chi connectivity index (χ4v) is 1.89. The van der Waals surface area contributed by atoms with E-state index in [1.165, 1.54) is 6.07 Å². The summed E-state index contributed by atoms with van der Waals surface area (Å²) >= 11 is 0. The zero-order valence-electron chi connectivity index (χ0n) is 10.0. The van der Waals surface area contributed by atoms with Crippen LogP contribution >= 0.6 is 0 Å². The number of hydrogen-bond donors (Lipinski definition) is 3. The van der Waals surface area contributed by atoms with E-state index in [1.807, 2.05) is 0 Å². The van der Waals surface area contributed by atoms with Crippen molar-refractivity contribution in [2.24, 2.45) is 0 Å². The second-order valence-electron chi connectivity index (χ2n) is 4.03. The second kappa shape index (κ2) is 4.06. The van der Waals surface area contributed by atoms with E-state index in [4.69, 9.17) is 21.1 Å². The molecule has 0 unspecified atom stereocenters. The van der Waals surface area contributed by atoms with E-state index >= 15 is 0 Å². The second-order valence-corrected chi connectivity index (χ2v) is 4.03. The van der Waals surface area contributed by atoms with Gasteiger partial charge in [0, 0.05) is 5.56 Å². The minimum absolute atomic E-state index is 0.0231. The summed E-state index contributed by atoms with van der Waals surface area (Å²) in [4.78, 5) is 11.1. The molecule has 1 aromatic heterocycles. The molecule has 2 rings (SSSR count). The van der Waals surface area contributed by atoms with Gasteiger partial charge in [-0.1, -0.05) is 5.16 Å². The van der Waals surface area contributed by atoms with Crippen molar-refractivity contribution in [3.63, 3.8) is 0 Å². The highest BCUT2D eigenvalue weighted by Gasteiger charge is 2.17. The van der Waals surface area contributed by atoms with Crippen molar-refractivity contribution in [3.05, 3.63) is 29.2 Å². The number of carboxylic acids is 1. The van der Waals surface area contributed by atoms with Crippen LogP contribution in [-0.4, -0.2) is 16.2 Å². The van der Waals surface area contributed by atoms with E-state index in [0.29, 0.717) is 17.0 Å². The molecule has 94 valence electrons.